The van der Waals surface area contributed by atoms with Crippen LogP contribution >= 0.6 is 0 Å². The molecule has 0 radical (unpaired) electrons. The highest BCUT2D eigenvalue weighted by atomic mass is 15.2. The summed E-state index contributed by atoms with van der Waals surface area (Å²) >= 11 is 0. The fourth-order valence-corrected chi connectivity index (χ4v) is 13.0. The summed E-state index contributed by atoms with van der Waals surface area (Å²) in [6.07, 6.45) is 5.86. The number of benzene rings is 14. The van der Waals surface area contributed by atoms with E-state index in [4.69, 9.17) is 0 Å². The maximum Gasteiger partial charge on any atom is 0.246 e. The van der Waals surface area contributed by atoms with E-state index in [9.17, 15) is 0 Å². The van der Waals surface area contributed by atoms with Crippen LogP contribution in [0.15, 0.2) is 334 Å². The molecule has 0 spiro atoms. The second kappa shape index (κ2) is 21.5. The van der Waals surface area contributed by atoms with Gasteiger partial charge in [-0.15, -0.1) is 0 Å². The minimum Gasteiger partial charge on any atom is -0.309 e. The van der Waals surface area contributed by atoms with Crippen LogP contribution in [-0.2, 0) is 0 Å². The summed E-state index contributed by atoms with van der Waals surface area (Å²) in [5, 5.41) is 13.9. The van der Waals surface area contributed by atoms with E-state index in [-0.39, 0.29) is 6.71 Å². The lowest BCUT2D eigenvalue weighted by molar-refractivity contribution is 1.23. The summed E-state index contributed by atoms with van der Waals surface area (Å²) in [6.45, 7) is 8.23. The fourth-order valence-electron chi connectivity index (χ4n) is 13.0. The molecular formula is C78H56BN3. The molecule has 82 heavy (non-hydrogen) atoms. The number of rotatable bonds is 14. The molecule has 0 saturated carbocycles. The van der Waals surface area contributed by atoms with Crippen LogP contribution in [-0.4, -0.2) is 6.71 Å². The summed E-state index contributed by atoms with van der Waals surface area (Å²) in [5.41, 5.74) is 13.3. The van der Waals surface area contributed by atoms with Crippen LogP contribution in [0.2, 0.25) is 0 Å². The van der Waals surface area contributed by atoms with Crippen molar-refractivity contribution in [2.75, 3.05) is 14.7 Å². The van der Waals surface area contributed by atoms with Crippen LogP contribution < -0.4 is 31.1 Å². The van der Waals surface area contributed by atoms with Gasteiger partial charge in [0, 0.05) is 66.5 Å². The highest BCUT2D eigenvalue weighted by molar-refractivity contribution is 7.03. The van der Waals surface area contributed by atoms with Crippen LogP contribution in [0.5, 0.6) is 0 Å². The van der Waals surface area contributed by atoms with Gasteiger partial charge >= 0.3 is 0 Å². The highest BCUT2D eigenvalue weighted by Crippen LogP contribution is 2.47. The summed E-state index contributed by atoms with van der Waals surface area (Å²) in [7, 11) is 0. The molecule has 0 N–H and O–H groups in total. The van der Waals surface area contributed by atoms with E-state index < -0.39 is 0 Å². The van der Waals surface area contributed by atoms with E-state index in [0.717, 1.165) is 94.3 Å². The SMILES string of the molecule is C=C/C=C(\C=C)N(c1ccccc1)c1c2ccccc2c(B(c2c3ccccc3c(N(c3ccccc3)c3ccccc3)c3ccccc23)c2c3ccccc3c(N(c3ccccc3)c3ccccc3)c3ccccc23)c2ccccc12. The summed E-state index contributed by atoms with van der Waals surface area (Å²) in [6, 6.07) is 109. The maximum absolute atomic E-state index is 4.40. The van der Waals surface area contributed by atoms with Crippen LogP contribution in [0.3, 0.4) is 0 Å². The molecule has 0 amide bonds. The molecule has 0 atom stereocenters. The molecule has 14 aromatic carbocycles. The molecule has 14 rings (SSSR count). The van der Waals surface area contributed by atoms with Crippen molar-refractivity contribution in [1.82, 2.24) is 0 Å². The van der Waals surface area contributed by atoms with Gasteiger partial charge in [-0.05, 0) is 105 Å². The number of fused-ring (bicyclic) bond motifs is 6. The van der Waals surface area contributed by atoms with Gasteiger partial charge in [-0.3, -0.25) is 0 Å². The lowest BCUT2D eigenvalue weighted by atomic mass is 9.33. The van der Waals surface area contributed by atoms with Gasteiger partial charge in [-0.2, -0.15) is 0 Å². The molecule has 14 aromatic rings. The number of hydrogen-bond acceptors (Lipinski definition) is 3. The van der Waals surface area contributed by atoms with Crippen molar-refractivity contribution in [2.24, 2.45) is 0 Å². The summed E-state index contributed by atoms with van der Waals surface area (Å²) in [4.78, 5) is 7.27. The molecule has 0 heterocycles. The van der Waals surface area contributed by atoms with Crippen molar-refractivity contribution in [3.63, 3.8) is 0 Å². The standard InChI is InChI=1S/C78H56BN3/c1-3-32-55(4-2)80(56-33-10-5-11-34-56)76-67-49-26-20-43-61(67)73(62-44-21-27-50-68(62)76)79(74-63-45-22-28-51-69(63)77(70-52-29-23-46-64(70)74)81(57-35-12-6-13-36-57)58-37-14-7-15-38-58)75-65-47-24-30-53-71(65)78(72-54-31-25-48-66(72)75)82(59-39-16-8-17-40-59)60-41-18-9-19-42-60/h3-54H,1-2H2/b55-32+. The van der Waals surface area contributed by atoms with Gasteiger partial charge < -0.3 is 14.7 Å². The van der Waals surface area contributed by atoms with Crippen LogP contribution in [0.4, 0.5) is 45.5 Å². The van der Waals surface area contributed by atoms with E-state index in [0.29, 0.717) is 0 Å². The third kappa shape index (κ3) is 8.40. The quantitative estimate of drug-likeness (QED) is 0.0610. The van der Waals surface area contributed by atoms with Gasteiger partial charge in [0.2, 0.25) is 6.71 Å². The Labute approximate surface area is 479 Å². The Hall–Kier alpha value is -10.7. The first-order chi connectivity index (χ1) is 40.7. The molecule has 3 nitrogen and oxygen atoms in total. The van der Waals surface area contributed by atoms with E-state index >= 15 is 0 Å². The molecule has 0 aromatic heterocycles. The fraction of sp³-hybridized carbons (Fsp3) is 0. The first kappa shape index (κ1) is 49.6. The van der Waals surface area contributed by atoms with Gasteiger partial charge in [-0.1, -0.05) is 272 Å². The van der Waals surface area contributed by atoms with E-state index in [1.54, 1.807) is 0 Å². The maximum atomic E-state index is 4.40. The zero-order valence-corrected chi connectivity index (χ0v) is 45.4. The average Bonchev–Trinajstić information content (AvgIpc) is 3.33. The van der Waals surface area contributed by atoms with Crippen LogP contribution in [0.1, 0.15) is 0 Å². The second-order valence-corrected chi connectivity index (χ2v) is 20.7. The van der Waals surface area contributed by atoms with Crippen molar-refractivity contribution in [1.29, 1.82) is 0 Å². The van der Waals surface area contributed by atoms with Crippen molar-refractivity contribution >= 4 is 133 Å². The minimum atomic E-state index is -0.367. The largest absolute Gasteiger partial charge is 0.309 e. The monoisotopic (exact) mass is 1050 g/mol. The van der Waals surface area contributed by atoms with E-state index in [2.05, 4.69) is 331 Å². The molecular weight excluding hydrogens is 990 g/mol. The summed E-state index contributed by atoms with van der Waals surface area (Å²) < 4.78 is 0. The van der Waals surface area contributed by atoms with Crippen molar-refractivity contribution in [3.8, 4) is 0 Å². The Bertz CT molecular complexity index is 4280. The van der Waals surface area contributed by atoms with Crippen molar-refractivity contribution < 1.29 is 0 Å². The zero-order valence-electron chi connectivity index (χ0n) is 45.4. The Balaban J connectivity index is 1.20. The molecule has 0 aliphatic rings. The number of hydrogen-bond donors (Lipinski definition) is 0. The summed E-state index contributed by atoms with van der Waals surface area (Å²) in [5.74, 6) is 0. The third-order valence-corrected chi connectivity index (χ3v) is 16.2. The van der Waals surface area contributed by atoms with Gasteiger partial charge in [0.1, 0.15) is 0 Å². The molecule has 0 fully saturated rings. The molecule has 0 unspecified atom stereocenters. The molecule has 0 aliphatic heterocycles. The smallest absolute Gasteiger partial charge is 0.246 e. The van der Waals surface area contributed by atoms with Crippen molar-refractivity contribution in [3.05, 3.63) is 334 Å². The Morgan fingerprint density at radius 3 is 0.720 bits per heavy atom. The normalized spacial score (nSPS) is 11.6. The molecule has 386 valence electrons. The number of nitrogens with zero attached hydrogens (tertiary/aromatic N) is 3. The lowest BCUT2D eigenvalue weighted by Gasteiger charge is -2.34. The van der Waals surface area contributed by atoms with Crippen LogP contribution in [0.25, 0.3) is 64.6 Å². The minimum absolute atomic E-state index is 0.367. The lowest BCUT2D eigenvalue weighted by Crippen LogP contribution is -2.54. The number of allylic oxidation sites excluding steroid dienone is 3. The number of para-hydroxylation sites is 5. The van der Waals surface area contributed by atoms with E-state index in [1.165, 1.54) is 37.9 Å². The van der Waals surface area contributed by atoms with E-state index in [1.807, 2.05) is 12.2 Å². The average molecular weight is 1050 g/mol. The second-order valence-electron chi connectivity index (χ2n) is 20.7. The predicted octanol–water partition coefficient (Wildman–Crippen LogP) is 19.5. The van der Waals surface area contributed by atoms with Crippen LogP contribution in [0, 0.1) is 0 Å². The zero-order chi connectivity index (χ0) is 54.9. The third-order valence-electron chi connectivity index (χ3n) is 16.2. The van der Waals surface area contributed by atoms with Gasteiger partial charge in [-0.25, -0.2) is 0 Å². The highest BCUT2D eigenvalue weighted by Gasteiger charge is 2.37. The number of anilines is 8. The Morgan fingerprint density at radius 2 is 0.476 bits per heavy atom. The molecule has 4 heteroatoms. The Kier molecular flexibility index (Phi) is 13.0. The first-order valence-electron chi connectivity index (χ1n) is 28.1. The predicted molar refractivity (Wildman–Crippen MR) is 355 cm³/mol. The molecule has 0 aliphatic carbocycles. The van der Waals surface area contributed by atoms with Gasteiger partial charge in [0.25, 0.3) is 0 Å². The van der Waals surface area contributed by atoms with Crippen molar-refractivity contribution in [2.45, 2.75) is 0 Å². The van der Waals surface area contributed by atoms with Gasteiger partial charge in [0.15, 0.2) is 0 Å². The molecule has 0 bridgehead atoms. The Morgan fingerprint density at radius 1 is 0.256 bits per heavy atom. The molecule has 0 saturated heterocycles. The topological polar surface area (TPSA) is 9.72 Å². The first-order valence-corrected chi connectivity index (χ1v) is 28.1. The van der Waals surface area contributed by atoms with Gasteiger partial charge in [0.05, 0.1) is 17.1 Å².